The molecule has 1 heteroatoms. The topological polar surface area (TPSA) is 17.1 Å². The van der Waals surface area contributed by atoms with Gasteiger partial charge in [0.15, 0.2) is 0 Å². The van der Waals surface area contributed by atoms with Gasteiger partial charge in [-0.15, -0.1) is 6.58 Å². The van der Waals surface area contributed by atoms with Crippen molar-refractivity contribution in [2.45, 2.75) is 27.7 Å². The summed E-state index contributed by atoms with van der Waals surface area (Å²) >= 11 is 0. The number of hydrogen-bond donors (Lipinski definition) is 0. The molecular weight excluding hydrogens is 160 g/mol. The fourth-order valence-corrected chi connectivity index (χ4v) is 1.23. The molecule has 0 saturated heterocycles. The van der Waals surface area contributed by atoms with E-state index < -0.39 is 0 Å². The van der Waals surface area contributed by atoms with Crippen LogP contribution in [0.15, 0.2) is 24.8 Å². The Balaban J connectivity index is 4.80. The van der Waals surface area contributed by atoms with Gasteiger partial charge in [-0.2, -0.15) is 0 Å². The molecule has 74 valence electrons. The normalized spacial score (nSPS) is 13.9. The van der Waals surface area contributed by atoms with Crippen molar-refractivity contribution >= 4 is 6.29 Å². The minimum Gasteiger partial charge on any atom is -0.303 e. The molecule has 0 saturated carbocycles. The van der Waals surface area contributed by atoms with Gasteiger partial charge in [0, 0.05) is 5.92 Å². The van der Waals surface area contributed by atoms with Gasteiger partial charge in [-0.1, -0.05) is 45.9 Å². The largest absolute Gasteiger partial charge is 0.303 e. The van der Waals surface area contributed by atoms with Crippen LogP contribution in [0.25, 0.3) is 0 Å². The van der Waals surface area contributed by atoms with E-state index in [4.69, 9.17) is 0 Å². The van der Waals surface area contributed by atoms with Crippen LogP contribution in [0.4, 0.5) is 0 Å². The molecule has 0 spiro atoms. The van der Waals surface area contributed by atoms with Crippen LogP contribution in [-0.4, -0.2) is 6.29 Å². The molecule has 0 N–H and O–H groups in total. The summed E-state index contributed by atoms with van der Waals surface area (Å²) < 4.78 is 0. The fraction of sp³-hybridized carbons (Fsp3) is 0.583. The molecule has 0 fully saturated rings. The van der Waals surface area contributed by atoms with Crippen molar-refractivity contribution in [3.05, 3.63) is 24.8 Å². The minimum absolute atomic E-state index is 0.120. The van der Waals surface area contributed by atoms with Crippen LogP contribution in [0, 0.1) is 17.3 Å². The molecule has 0 aromatic rings. The van der Waals surface area contributed by atoms with E-state index in [2.05, 4.69) is 27.0 Å². The van der Waals surface area contributed by atoms with Crippen LogP contribution >= 0.6 is 0 Å². The van der Waals surface area contributed by atoms with Crippen molar-refractivity contribution in [1.29, 1.82) is 0 Å². The molecule has 0 rings (SSSR count). The summed E-state index contributed by atoms with van der Waals surface area (Å²) in [4.78, 5) is 10.9. The predicted molar refractivity (Wildman–Crippen MR) is 57.5 cm³/mol. The van der Waals surface area contributed by atoms with Crippen molar-refractivity contribution in [1.82, 2.24) is 0 Å². The fourth-order valence-electron chi connectivity index (χ4n) is 1.23. The molecule has 1 atom stereocenters. The Labute approximate surface area is 81.5 Å². The zero-order valence-electron chi connectivity index (χ0n) is 9.13. The maximum Gasteiger partial charge on any atom is 0.127 e. The van der Waals surface area contributed by atoms with Gasteiger partial charge < -0.3 is 4.79 Å². The third-order valence-corrected chi connectivity index (χ3v) is 2.60. The number of allylic oxidation sites excluding steroid dienone is 2. The number of rotatable bonds is 5. The quantitative estimate of drug-likeness (QED) is 0.469. The van der Waals surface area contributed by atoms with Crippen LogP contribution in [0.1, 0.15) is 27.7 Å². The standard InChI is InChI=1S/C12H20O/c1-7-12(5,6)11(8-13)10(4)9(2)3/h7-9,11H,1,4H2,2-3,5-6H3. The molecule has 0 heterocycles. The zero-order valence-corrected chi connectivity index (χ0v) is 9.13. The molecule has 0 aliphatic heterocycles. The number of aldehydes is 1. The molecule has 0 aromatic heterocycles. The average Bonchev–Trinajstić information content (AvgIpc) is 2.05. The van der Waals surface area contributed by atoms with Gasteiger partial charge in [0.2, 0.25) is 0 Å². The second kappa shape index (κ2) is 4.40. The lowest BCUT2D eigenvalue weighted by Crippen LogP contribution is -2.26. The first-order chi connectivity index (χ1) is 5.86. The monoisotopic (exact) mass is 180 g/mol. The summed E-state index contributed by atoms with van der Waals surface area (Å²) in [6.07, 6.45) is 2.80. The molecule has 1 unspecified atom stereocenters. The first kappa shape index (κ1) is 12.2. The van der Waals surface area contributed by atoms with Gasteiger partial charge in [-0.25, -0.2) is 0 Å². The second-order valence-corrected chi connectivity index (χ2v) is 4.37. The van der Waals surface area contributed by atoms with Gasteiger partial charge >= 0.3 is 0 Å². The number of carbonyl (C=O) groups is 1. The highest BCUT2D eigenvalue weighted by Gasteiger charge is 2.29. The maximum atomic E-state index is 10.9. The maximum absolute atomic E-state index is 10.9. The number of hydrogen-bond acceptors (Lipinski definition) is 1. The van der Waals surface area contributed by atoms with E-state index in [0.717, 1.165) is 11.9 Å². The lowest BCUT2D eigenvalue weighted by atomic mass is 9.73. The minimum atomic E-state index is -0.191. The van der Waals surface area contributed by atoms with E-state index in [0.29, 0.717) is 5.92 Å². The summed E-state index contributed by atoms with van der Waals surface area (Å²) in [5, 5.41) is 0. The zero-order chi connectivity index (χ0) is 10.6. The lowest BCUT2D eigenvalue weighted by molar-refractivity contribution is -0.112. The van der Waals surface area contributed by atoms with E-state index >= 15 is 0 Å². The van der Waals surface area contributed by atoms with Gasteiger partial charge in [0.1, 0.15) is 6.29 Å². The van der Waals surface area contributed by atoms with Crippen LogP contribution in [0.3, 0.4) is 0 Å². The molecule has 1 nitrogen and oxygen atoms in total. The Hall–Kier alpha value is -0.850. The first-order valence-corrected chi connectivity index (χ1v) is 4.64. The lowest BCUT2D eigenvalue weighted by Gasteiger charge is -2.30. The van der Waals surface area contributed by atoms with Crippen molar-refractivity contribution < 1.29 is 4.79 Å². The van der Waals surface area contributed by atoms with Gasteiger partial charge in [-0.05, 0) is 11.3 Å². The van der Waals surface area contributed by atoms with E-state index in [-0.39, 0.29) is 11.3 Å². The molecule has 0 amide bonds. The Morgan fingerprint density at radius 3 is 2.08 bits per heavy atom. The van der Waals surface area contributed by atoms with E-state index in [1.54, 1.807) is 0 Å². The third-order valence-electron chi connectivity index (χ3n) is 2.60. The molecular formula is C12H20O. The Kier molecular flexibility index (Phi) is 4.12. The van der Waals surface area contributed by atoms with E-state index in [9.17, 15) is 4.79 Å². The molecule has 0 radical (unpaired) electrons. The van der Waals surface area contributed by atoms with Crippen LogP contribution in [-0.2, 0) is 4.79 Å². The molecule has 0 aliphatic carbocycles. The smallest absolute Gasteiger partial charge is 0.127 e. The molecule has 0 bridgehead atoms. The summed E-state index contributed by atoms with van der Waals surface area (Å²) in [6, 6.07) is 0. The molecule has 0 aliphatic rings. The summed E-state index contributed by atoms with van der Waals surface area (Å²) in [7, 11) is 0. The van der Waals surface area contributed by atoms with Crippen molar-refractivity contribution in [2.75, 3.05) is 0 Å². The Morgan fingerprint density at radius 2 is 1.85 bits per heavy atom. The Bertz CT molecular complexity index is 211. The van der Waals surface area contributed by atoms with Crippen LogP contribution in [0.5, 0.6) is 0 Å². The third kappa shape index (κ3) is 2.83. The highest BCUT2D eigenvalue weighted by Crippen LogP contribution is 2.34. The second-order valence-electron chi connectivity index (χ2n) is 4.37. The summed E-state index contributed by atoms with van der Waals surface area (Å²) in [5.74, 6) is 0.222. The summed E-state index contributed by atoms with van der Waals surface area (Å²) in [5.41, 5.74) is 0.795. The molecule has 13 heavy (non-hydrogen) atoms. The first-order valence-electron chi connectivity index (χ1n) is 4.64. The molecule has 0 aromatic carbocycles. The van der Waals surface area contributed by atoms with Crippen molar-refractivity contribution in [3.63, 3.8) is 0 Å². The number of carbonyl (C=O) groups excluding carboxylic acids is 1. The van der Waals surface area contributed by atoms with E-state index in [1.165, 1.54) is 0 Å². The highest BCUT2D eigenvalue weighted by atomic mass is 16.1. The van der Waals surface area contributed by atoms with Crippen LogP contribution in [0.2, 0.25) is 0 Å². The van der Waals surface area contributed by atoms with Gasteiger partial charge in [-0.3, -0.25) is 0 Å². The predicted octanol–water partition coefficient (Wildman–Crippen LogP) is 3.23. The highest BCUT2D eigenvalue weighted by molar-refractivity contribution is 5.61. The average molecular weight is 180 g/mol. The Morgan fingerprint density at radius 1 is 1.38 bits per heavy atom. The van der Waals surface area contributed by atoms with E-state index in [1.807, 2.05) is 19.9 Å². The van der Waals surface area contributed by atoms with Crippen molar-refractivity contribution in [2.24, 2.45) is 17.3 Å². The SMILES string of the molecule is C=CC(C)(C)C(C=O)C(=C)C(C)C. The summed E-state index contributed by atoms with van der Waals surface area (Å²) in [6.45, 7) is 15.8. The van der Waals surface area contributed by atoms with Gasteiger partial charge in [0.05, 0.1) is 0 Å². The van der Waals surface area contributed by atoms with Gasteiger partial charge in [0.25, 0.3) is 0 Å². The van der Waals surface area contributed by atoms with Crippen molar-refractivity contribution in [3.8, 4) is 0 Å². The van der Waals surface area contributed by atoms with Crippen LogP contribution < -0.4 is 0 Å².